The molecule has 0 saturated heterocycles. The Balaban J connectivity index is 2.05. The predicted molar refractivity (Wildman–Crippen MR) is 67.6 cm³/mol. The van der Waals surface area contributed by atoms with Crippen LogP contribution in [0.4, 0.5) is 5.69 Å². The molecule has 1 aromatic heterocycles. The lowest BCUT2D eigenvalue weighted by Crippen LogP contribution is -1.98. The fourth-order valence-corrected chi connectivity index (χ4v) is 2.35. The van der Waals surface area contributed by atoms with Gasteiger partial charge in [0.05, 0.1) is 0 Å². The summed E-state index contributed by atoms with van der Waals surface area (Å²) < 4.78 is 0. The molecule has 0 bridgehead atoms. The molecule has 0 unspecified atom stereocenters. The zero-order chi connectivity index (χ0) is 10.7. The third kappa shape index (κ3) is 2.83. The Labute approximate surface area is 94.8 Å². The molecule has 0 aliphatic heterocycles. The number of thiophene rings is 1. The highest BCUT2D eigenvalue weighted by Crippen LogP contribution is 2.14. The van der Waals surface area contributed by atoms with Crippen LogP contribution in [0.25, 0.3) is 0 Å². The summed E-state index contributed by atoms with van der Waals surface area (Å²) in [6.45, 7) is 5.18. The van der Waals surface area contributed by atoms with Crippen molar-refractivity contribution in [2.45, 2.75) is 20.4 Å². The third-order valence-electron chi connectivity index (χ3n) is 2.30. The second-order valence-corrected chi connectivity index (χ2v) is 4.64. The molecule has 1 heterocycles. The van der Waals surface area contributed by atoms with Crippen molar-refractivity contribution in [2.24, 2.45) is 0 Å². The highest BCUT2D eigenvalue weighted by Gasteiger charge is 1.96. The van der Waals surface area contributed by atoms with Crippen LogP contribution in [0, 0.1) is 13.8 Å². The highest BCUT2D eigenvalue weighted by atomic mass is 32.1. The zero-order valence-corrected chi connectivity index (χ0v) is 9.90. The van der Waals surface area contributed by atoms with Gasteiger partial charge in [-0.15, -0.1) is 0 Å². The largest absolute Gasteiger partial charge is 0.380 e. The van der Waals surface area contributed by atoms with Gasteiger partial charge in [0.25, 0.3) is 0 Å². The first-order valence-electron chi connectivity index (χ1n) is 5.07. The van der Waals surface area contributed by atoms with Crippen LogP contribution in [0.15, 0.2) is 35.0 Å². The molecule has 1 N–H and O–H groups in total. The van der Waals surface area contributed by atoms with E-state index in [9.17, 15) is 0 Å². The van der Waals surface area contributed by atoms with Gasteiger partial charge >= 0.3 is 0 Å². The summed E-state index contributed by atoms with van der Waals surface area (Å²) in [5.41, 5.74) is 5.21. The molecule has 0 atom stereocenters. The van der Waals surface area contributed by atoms with Gasteiger partial charge in [0.1, 0.15) is 0 Å². The minimum absolute atomic E-state index is 0.902. The molecule has 0 amide bonds. The normalized spacial score (nSPS) is 10.3. The molecule has 2 aromatic rings. The van der Waals surface area contributed by atoms with Crippen LogP contribution in [0.2, 0.25) is 0 Å². The van der Waals surface area contributed by atoms with Gasteiger partial charge in [-0.05, 0) is 30.9 Å². The van der Waals surface area contributed by atoms with Crippen molar-refractivity contribution in [2.75, 3.05) is 5.32 Å². The van der Waals surface area contributed by atoms with E-state index in [0.717, 1.165) is 6.54 Å². The van der Waals surface area contributed by atoms with Crippen molar-refractivity contribution >= 4 is 17.0 Å². The van der Waals surface area contributed by atoms with Gasteiger partial charge in [-0.25, -0.2) is 0 Å². The van der Waals surface area contributed by atoms with Crippen LogP contribution in [0.5, 0.6) is 0 Å². The summed E-state index contributed by atoms with van der Waals surface area (Å²) in [6, 6.07) is 8.76. The van der Waals surface area contributed by atoms with E-state index in [4.69, 9.17) is 0 Å². The molecule has 0 aliphatic carbocycles. The number of hydrogen-bond donors (Lipinski definition) is 1. The lowest BCUT2D eigenvalue weighted by Gasteiger charge is -2.06. The third-order valence-corrected chi connectivity index (χ3v) is 2.98. The van der Waals surface area contributed by atoms with Gasteiger partial charge in [-0.3, -0.25) is 0 Å². The molecule has 0 aliphatic rings. The first kappa shape index (κ1) is 10.2. The second-order valence-electron chi connectivity index (χ2n) is 3.86. The lowest BCUT2D eigenvalue weighted by molar-refractivity contribution is 1.13. The van der Waals surface area contributed by atoms with Crippen LogP contribution in [-0.2, 0) is 6.54 Å². The van der Waals surface area contributed by atoms with Crippen LogP contribution in [0.3, 0.4) is 0 Å². The van der Waals surface area contributed by atoms with Crippen molar-refractivity contribution in [3.8, 4) is 0 Å². The average Bonchev–Trinajstić information content (AvgIpc) is 2.65. The number of anilines is 1. The molecule has 78 valence electrons. The van der Waals surface area contributed by atoms with Crippen LogP contribution in [0.1, 0.15) is 16.7 Å². The Morgan fingerprint density at radius 1 is 1.13 bits per heavy atom. The number of benzene rings is 1. The molecule has 1 aromatic carbocycles. The molecule has 2 heteroatoms. The fourth-order valence-electron chi connectivity index (χ4n) is 1.74. The predicted octanol–water partition coefficient (Wildman–Crippen LogP) is 3.98. The minimum Gasteiger partial charge on any atom is -0.380 e. The fraction of sp³-hybridized carbons (Fsp3) is 0.231. The quantitative estimate of drug-likeness (QED) is 0.820. The van der Waals surface area contributed by atoms with E-state index in [-0.39, 0.29) is 0 Å². The number of rotatable bonds is 3. The van der Waals surface area contributed by atoms with E-state index in [0.29, 0.717) is 0 Å². The van der Waals surface area contributed by atoms with Crippen molar-refractivity contribution in [1.29, 1.82) is 0 Å². The average molecular weight is 217 g/mol. The molecule has 0 radical (unpaired) electrons. The van der Waals surface area contributed by atoms with E-state index in [1.165, 1.54) is 22.4 Å². The Hall–Kier alpha value is -1.28. The molecule has 0 saturated carbocycles. The van der Waals surface area contributed by atoms with Gasteiger partial charge in [0, 0.05) is 17.6 Å². The second kappa shape index (κ2) is 4.49. The summed E-state index contributed by atoms with van der Waals surface area (Å²) >= 11 is 1.72. The molecular weight excluding hydrogens is 202 g/mol. The molecular formula is C13H15NS. The molecule has 2 rings (SSSR count). The summed E-state index contributed by atoms with van der Waals surface area (Å²) in [5.74, 6) is 0. The van der Waals surface area contributed by atoms with E-state index < -0.39 is 0 Å². The van der Waals surface area contributed by atoms with E-state index >= 15 is 0 Å². The number of nitrogens with one attached hydrogen (secondary N) is 1. The SMILES string of the molecule is Cc1cc(C)cc(CNc2ccsc2)c1. The van der Waals surface area contributed by atoms with Crippen molar-refractivity contribution in [1.82, 2.24) is 0 Å². The Bertz CT molecular complexity index is 412. The van der Waals surface area contributed by atoms with E-state index in [2.05, 4.69) is 54.2 Å². The van der Waals surface area contributed by atoms with Gasteiger partial charge in [0.2, 0.25) is 0 Å². The summed E-state index contributed by atoms with van der Waals surface area (Å²) in [5, 5.41) is 7.62. The topological polar surface area (TPSA) is 12.0 Å². The van der Waals surface area contributed by atoms with E-state index in [1.54, 1.807) is 11.3 Å². The summed E-state index contributed by atoms with van der Waals surface area (Å²) in [6.07, 6.45) is 0. The summed E-state index contributed by atoms with van der Waals surface area (Å²) in [7, 11) is 0. The van der Waals surface area contributed by atoms with Gasteiger partial charge in [0.15, 0.2) is 0 Å². The van der Waals surface area contributed by atoms with Gasteiger partial charge < -0.3 is 5.32 Å². The molecule has 0 spiro atoms. The maximum absolute atomic E-state index is 3.41. The maximum Gasteiger partial charge on any atom is 0.0451 e. The molecule has 1 nitrogen and oxygen atoms in total. The Morgan fingerprint density at radius 3 is 2.47 bits per heavy atom. The molecule has 0 fully saturated rings. The van der Waals surface area contributed by atoms with Crippen molar-refractivity contribution < 1.29 is 0 Å². The first-order valence-corrected chi connectivity index (χ1v) is 6.01. The Morgan fingerprint density at radius 2 is 1.87 bits per heavy atom. The monoisotopic (exact) mass is 217 g/mol. The lowest BCUT2D eigenvalue weighted by atomic mass is 10.1. The zero-order valence-electron chi connectivity index (χ0n) is 9.08. The van der Waals surface area contributed by atoms with E-state index in [1.807, 2.05) is 0 Å². The molecule has 15 heavy (non-hydrogen) atoms. The van der Waals surface area contributed by atoms with Crippen LogP contribution >= 0.6 is 11.3 Å². The van der Waals surface area contributed by atoms with Crippen LogP contribution in [-0.4, -0.2) is 0 Å². The minimum atomic E-state index is 0.902. The summed E-state index contributed by atoms with van der Waals surface area (Å²) in [4.78, 5) is 0. The van der Waals surface area contributed by atoms with Gasteiger partial charge in [-0.1, -0.05) is 29.3 Å². The number of hydrogen-bond acceptors (Lipinski definition) is 2. The van der Waals surface area contributed by atoms with Gasteiger partial charge in [-0.2, -0.15) is 11.3 Å². The highest BCUT2D eigenvalue weighted by molar-refractivity contribution is 7.08. The Kier molecular flexibility index (Phi) is 3.07. The number of aryl methyl sites for hydroxylation is 2. The first-order chi connectivity index (χ1) is 7.24. The van der Waals surface area contributed by atoms with Crippen molar-refractivity contribution in [3.63, 3.8) is 0 Å². The smallest absolute Gasteiger partial charge is 0.0451 e. The van der Waals surface area contributed by atoms with Crippen molar-refractivity contribution in [3.05, 3.63) is 51.7 Å². The standard InChI is InChI=1S/C13H15NS/c1-10-5-11(2)7-12(6-10)8-14-13-3-4-15-9-13/h3-7,9,14H,8H2,1-2H3. The maximum atomic E-state index is 3.41. The van der Waals surface area contributed by atoms with Crippen LogP contribution < -0.4 is 5.32 Å².